The summed E-state index contributed by atoms with van der Waals surface area (Å²) in [5, 5.41) is 0. The normalized spacial score (nSPS) is 22.3. The summed E-state index contributed by atoms with van der Waals surface area (Å²) in [5.41, 5.74) is 4.02. The minimum absolute atomic E-state index is 0.0460. The summed E-state index contributed by atoms with van der Waals surface area (Å²) in [6.07, 6.45) is 3.97. The molecule has 1 atom stereocenters. The van der Waals surface area contributed by atoms with Gasteiger partial charge < -0.3 is 9.40 Å². The maximum absolute atomic E-state index is 11.5. The summed E-state index contributed by atoms with van der Waals surface area (Å²) in [6, 6.07) is 3.71. The monoisotopic (exact) mass is 208 g/mol. The third kappa shape index (κ3) is 2.46. The SMILES string of the molecule is Cn1ccc(C2CCCNOC2)cc1=O. The Bertz CT molecular complexity index is 378. The van der Waals surface area contributed by atoms with E-state index in [2.05, 4.69) is 5.48 Å². The van der Waals surface area contributed by atoms with Gasteiger partial charge in [-0.3, -0.25) is 4.79 Å². The number of aryl methyl sites for hydroxylation is 1. The van der Waals surface area contributed by atoms with Gasteiger partial charge in [-0.1, -0.05) is 0 Å². The molecule has 2 rings (SSSR count). The molecule has 15 heavy (non-hydrogen) atoms. The van der Waals surface area contributed by atoms with Crippen molar-refractivity contribution in [2.24, 2.45) is 7.05 Å². The van der Waals surface area contributed by atoms with Crippen molar-refractivity contribution in [1.29, 1.82) is 0 Å². The molecule has 1 saturated heterocycles. The van der Waals surface area contributed by atoms with Gasteiger partial charge in [-0.15, -0.1) is 0 Å². The molecule has 1 aromatic heterocycles. The van der Waals surface area contributed by atoms with Crippen LogP contribution in [-0.2, 0) is 11.9 Å². The largest absolute Gasteiger partial charge is 0.319 e. The van der Waals surface area contributed by atoms with Crippen molar-refractivity contribution in [2.75, 3.05) is 13.2 Å². The smallest absolute Gasteiger partial charge is 0.250 e. The maximum atomic E-state index is 11.5. The zero-order valence-electron chi connectivity index (χ0n) is 8.90. The van der Waals surface area contributed by atoms with Crippen LogP contribution < -0.4 is 11.0 Å². The van der Waals surface area contributed by atoms with E-state index in [-0.39, 0.29) is 5.56 Å². The first kappa shape index (κ1) is 10.4. The highest BCUT2D eigenvalue weighted by molar-refractivity contribution is 5.16. The van der Waals surface area contributed by atoms with Crippen LogP contribution in [-0.4, -0.2) is 17.7 Å². The van der Waals surface area contributed by atoms with Gasteiger partial charge >= 0.3 is 0 Å². The number of nitrogens with zero attached hydrogens (tertiary/aromatic N) is 1. The maximum Gasteiger partial charge on any atom is 0.250 e. The Labute approximate surface area is 88.8 Å². The van der Waals surface area contributed by atoms with Crippen molar-refractivity contribution in [1.82, 2.24) is 10.0 Å². The second kappa shape index (κ2) is 4.59. The van der Waals surface area contributed by atoms with E-state index in [1.54, 1.807) is 17.7 Å². The predicted molar refractivity (Wildman–Crippen MR) is 57.6 cm³/mol. The van der Waals surface area contributed by atoms with Crippen molar-refractivity contribution in [2.45, 2.75) is 18.8 Å². The highest BCUT2D eigenvalue weighted by Gasteiger charge is 2.15. The molecule has 2 heterocycles. The molecule has 0 spiro atoms. The van der Waals surface area contributed by atoms with Crippen LogP contribution in [0.5, 0.6) is 0 Å². The molecule has 4 nitrogen and oxygen atoms in total. The molecule has 0 saturated carbocycles. The van der Waals surface area contributed by atoms with Gasteiger partial charge in [-0.2, -0.15) is 0 Å². The van der Waals surface area contributed by atoms with E-state index in [0.29, 0.717) is 12.5 Å². The van der Waals surface area contributed by atoms with Gasteiger partial charge in [-0.25, -0.2) is 5.48 Å². The van der Waals surface area contributed by atoms with Crippen molar-refractivity contribution >= 4 is 0 Å². The minimum atomic E-state index is 0.0460. The van der Waals surface area contributed by atoms with E-state index in [4.69, 9.17) is 4.84 Å². The Balaban J connectivity index is 2.20. The molecular formula is C11H16N2O2. The van der Waals surface area contributed by atoms with Crippen LogP contribution in [0.1, 0.15) is 24.3 Å². The van der Waals surface area contributed by atoms with Crippen molar-refractivity contribution in [3.05, 3.63) is 34.2 Å². The first-order chi connectivity index (χ1) is 7.27. The van der Waals surface area contributed by atoms with Gasteiger partial charge in [0.05, 0.1) is 6.61 Å². The molecule has 0 bridgehead atoms. The standard InChI is InChI=1S/C11H16N2O2/c1-13-6-4-9(7-11(13)14)10-3-2-5-12-15-8-10/h4,6-7,10,12H,2-3,5,8H2,1H3. The molecule has 1 aliphatic heterocycles. The van der Waals surface area contributed by atoms with E-state index in [9.17, 15) is 4.79 Å². The molecule has 4 heteroatoms. The quantitative estimate of drug-likeness (QED) is 0.741. The average Bonchev–Trinajstić information content (AvgIpc) is 2.50. The van der Waals surface area contributed by atoms with Crippen molar-refractivity contribution in [3.8, 4) is 0 Å². The van der Waals surface area contributed by atoms with Crippen LogP contribution in [0.15, 0.2) is 23.1 Å². The topological polar surface area (TPSA) is 43.3 Å². The lowest BCUT2D eigenvalue weighted by atomic mass is 9.96. The molecule has 0 radical (unpaired) electrons. The lowest BCUT2D eigenvalue weighted by Crippen LogP contribution is -2.18. The van der Waals surface area contributed by atoms with Crippen molar-refractivity contribution in [3.63, 3.8) is 0 Å². The van der Waals surface area contributed by atoms with Crippen LogP contribution in [0.3, 0.4) is 0 Å². The zero-order valence-corrected chi connectivity index (χ0v) is 8.90. The van der Waals surface area contributed by atoms with E-state index in [1.807, 2.05) is 12.3 Å². The zero-order chi connectivity index (χ0) is 10.7. The fourth-order valence-electron chi connectivity index (χ4n) is 1.82. The summed E-state index contributed by atoms with van der Waals surface area (Å²) in [4.78, 5) is 16.7. The van der Waals surface area contributed by atoms with Gasteiger partial charge in [-0.05, 0) is 24.5 Å². The van der Waals surface area contributed by atoms with E-state index in [0.717, 1.165) is 24.9 Å². The summed E-state index contributed by atoms with van der Waals surface area (Å²) >= 11 is 0. The lowest BCUT2D eigenvalue weighted by molar-refractivity contribution is 0.0453. The summed E-state index contributed by atoms with van der Waals surface area (Å²) in [7, 11) is 1.76. The molecule has 1 aliphatic rings. The molecular weight excluding hydrogens is 192 g/mol. The summed E-state index contributed by atoms with van der Waals surface area (Å²) < 4.78 is 1.58. The van der Waals surface area contributed by atoms with E-state index < -0.39 is 0 Å². The van der Waals surface area contributed by atoms with Crippen LogP contribution in [0.25, 0.3) is 0 Å². The Morgan fingerprint density at radius 3 is 3.27 bits per heavy atom. The van der Waals surface area contributed by atoms with E-state index in [1.165, 1.54) is 0 Å². The van der Waals surface area contributed by atoms with Gasteiger partial charge in [0.25, 0.3) is 5.56 Å². The predicted octanol–water partition coefficient (Wildman–Crippen LogP) is 0.784. The third-order valence-electron chi connectivity index (χ3n) is 2.82. The number of hydrogen-bond acceptors (Lipinski definition) is 3. The molecule has 82 valence electrons. The minimum Gasteiger partial charge on any atom is -0.319 e. The van der Waals surface area contributed by atoms with Crippen molar-refractivity contribution < 1.29 is 4.84 Å². The van der Waals surface area contributed by atoms with E-state index >= 15 is 0 Å². The molecule has 1 aromatic rings. The third-order valence-corrected chi connectivity index (χ3v) is 2.82. The highest BCUT2D eigenvalue weighted by atomic mass is 16.6. The Kier molecular flexibility index (Phi) is 3.18. The van der Waals surface area contributed by atoms with Crippen LogP contribution >= 0.6 is 0 Å². The number of hydroxylamine groups is 1. The first-order valence-corrected chi connectivity index (χ1v) is 5.28. The van der Waals surface area contributed by atoms with Crippen LogP contribution in [0.2, 0.25) is 0 Å². The number of pyridine rings is 1. The highest BCUT2D eigenvalue weighted by Crippen LogP contribution is 2.21. The number of nitrogens with one attached hydrogen (secondary N) is 1. The second-order valence-electron chi connectivity index (χ2n) is 3.95. The van der Waals surface area contributed by atoms with Gasteiger partial charge in [0.2, 0.25) is 0 Å². The van der Waals surface area contributed by atoms with Crippen LogP contribution in [0, 0.1) is 0 Å². The fourth-order valence-corrected chi connectivity index (χ4v) is 1.82. The summed E-state index contributed by atoms with van der Waals surface area (Å²) in [6.45, 7) is 1.54. The molecule has 1 unspecified atom stereocenters. The van der Waals surface area contributed by atoms with Gasteiger partial charge in [0.15, 0.2) is 0 Å². The van der Waals surface area contributed by atoms with Gasteiger partial charge in [0, 0.05) is 31.8 Å². The van der Waals surface area contributed by atoms with Gasteiger partial charge in [0.1, 0.15) is 0 Å². The fraction of sp³-hybridized carbons (Fsp3) is 0.545. The number of aromatic nitrogens is 1. The molecule has 1 fully saturated rings. The molecule has 1 N–H and O–H groups in total. The van der Waals surface area contributed by atoms with Crippen LogP contribution in [0.4, 0.5) is 0 Å². The Morgan fingerprint density at radius 2 is 2.47 bits per heavy atom. The molecule has 0 aliphatic carbocycles. The molecule has 0 amide bonds. The molecule has 0 aromatic carbocycles. The second-order valence-corrected chi connectivity index (χ2v) is 3.95. The first-order valence-electron chi connectivity index (χ1n) is 5.28. The Hall–Kier alpha value is -1.13. The average molecular weight is 208 g/mol. The number of rotatable bonds is 1. The lowest BCUT2D eigenvalue weighted by Gasteiger charge is -2.13. The Morgan fingerprint density at radius 1 is 1.60 bits per heavy atom. The number of hydrogen-bond donors (Lipinski definition) is 1. The summed E-state index contributed by atoms with van der Waals surface area (Å²) in [5.74, 6) is 0.342.